The van der Waals surface area contributed by atoms with Crippen LogP contribution in [0.1, 0.15) is 23.2 Å². The number of rotatable bonds is 5. The van der Waals surface area contributed by atoms with E-state index >= 15 is 0 Å². The summed E-state index contributed by atoms with van der Waals surface area (Å²) in [6.45, 7) is 0.542. The number of hydrogen-bond donors (Lipinski definition) is 2. The van der Waals surface area contributed by atoms with E-state index in [1.54, 1.807) is 0 Å². The van der Waals surface area contributed by atoms with Crippen LogP contribution in [0.4, 0.5) is 5.69 Å². The quantitative estimate of drug-likeness (QED) is 0.593. The van der Waals surface area contributed by atoms with Crippen molar-refractivity contribution in [1.82, 2.24) is 14.1 Å². The van der Waals surface area contributed by atoms with Crippen molar-refractivity contribution >= 4 is 40.3 Å². The van der Waals surface area contributed by atoms with Gasteiger partial charge in [-0.3, -0.25) is 19.7 Å². The summed E-state index contributed by atoms with van der Waals surface area (Å²) in [6.07, 6.45) is 0.579. The Labute approximate surface area is 145 Å². The standard InChI is InChI=1S/C14H14N4O6S/c19-12(15-7-14(13(20)21)1-3-24-4-2-14)8-5-9-11(17-25-16-9)10(6-8)18(22)23/h5-6H,1-4,7H2,(H,15,19)(H,20,21). The van der Waals surface area contributed by atoms with E-state index in [4.69, 9.17) is 4.74 Å². The van der Waals surface area contributed by atoms with Gasteiger partial charge in [0.25, 0.3) is 11.6 Å². The molecule has 0 spiro atoms. The Morgan fingerprint density at radius 2 is 2.08 bits per heavy atom. The predicted molar refractivity (Wildman–Crippen MR) is 86.5 cm³/mol. The minimum absolute atomic E-state index is 0.0412. The summed E-state index contributed by atoms with van der Waals surface area (Å²) < 4.78 is 13.0. The van der Waals surface area contributed by atoms with E-state index in [0.717, 1.165) is 17.8 Å². The molecule has 1 amide bonds. The lowest BCUT2D eigenvalue weighted by Gasteiger charge is -2.33. The number of amides is 1. The van der Waals surface area contributed by atoms with Crippen molar-refractivity contribution in [3.63, 3.8) is 0 Å². The summed E-state index contributed by atoms with van der Waals surface area (Å²) in [5, 5.41) is 23.2. The molecular weight excluding hydrogens is 352 g/mol. The van der Waals surface area contributed by atoms with E-state index in [1.165, 1.54) is 6.07 Å². The second-order valence-electron chi connectivity index (χ2n) is 5.76. The fourth-order valence-corrected chi connectivity index (χ4v) is 3.26. The zero-order valence-electron chi connectivity index (χ0n) is 12.9. The van der Waals surface area contributed by atoms with Crippen LogP contribution in [0.15, 0.2) is 12.1 Å². The fourth-order valence-electron chi connectivity index (χ4n) is 2.72. The Morgan fingerprint density at radius 1 is 1.36 bits per heavy atom. The molecule has 10 nitrogen and oxygen atoms in total. The van der Waals surface area contributed by atoms with E-state index in [2.05, 4.69) is 14.1 Å². The zero-order valence-corrected chi connectivity index (χ0v) is 13.7. The number of carboxylic acids is 1. The van der Waals surface area contributed by atoms with Crippen molar-refractivity contribution in [3.8, 4) is 0 Å². The largest absolute Gasteiger partial charge is 0.481 e. The van der Waals surface area contributed by atoms with Crippen LogP contribution in [-0.2, 0) is 9.53 Å². The first-order chi connectivity index (χ1) is 11.9. The number of hydrogen-bond acceptors (Lipinski definition) is 8. The van der Waals surface area contributed by atoms with Gasteiger partial charge in [-0.05, 0) is 18.9 Å². The molecular formula is C14H14N4O6S. The van der Waals surface area contributed by atoms with E-state index < -0.39 is 22.2 Å². The molecule has 1 saturated heterocycles. The van der Waals surface area contributed by atoms with Gasteiger partial charge in [-0.15, -0.1) is 0 Å². The molecule has 2 N–H and O–H groups in total. The van der Waals surface area contributed by atoms with Crippen LogP contribution in [0, 0.1) is 15.5 Å². The van der Waals surface area contributed by atoms with Gasteiger partial charge in [0.1, 0.15) is 5.52 Å². The first-order valence-electron chi connectivity index (χ1n) is 7.43. The number of fused-ring (bicyclic) bond motifs is 1. The van der Waals surface area contributed by atoms with Crippen molar-refractivity contribution in [2.45, 2.75) is 12.8 Å². The number of aromatic nitrogens is 2. The van der Waals surface area contributed by atoms with Crippen LogP contribution in [0.3, 0.4) is 0 Å². The molecule has 1 fully saturated rings. The molecule has 2 aromatic rings. The van der Waals surface area contributed by atoms with Crippen molar-refractivity contribution in [3.05, 3.63) is 27.8 Å². The van der Waals surface area contributed by atoms with Crippen LogP contribution in [0.25, 0.3) is 11.0 Å². The third-order valence-electron chi connectivity index (χ3n) is 4.29. The number of nitro benzene ring substituents is 1. The number of nitrogens with one attached hydrogen (secondary N) is 1. The van der Waals surface area contributed by atoms with Crippen LogP contribution < -0.4 is 5.32 Å². The van der Waals surface area contributed by atoms with Gasteiger partial charge in [-0.1, -0.05) is 0 Å². The molecule has 132 valence electrons. The van der Waals surface area contributed by atoms with Crippen LogP contribution >= 0.6 is 11.7 Å². The molecule has 0 bridgehead atoms. The average molecular weight is 366 g/mol. The number of ether oxygens (including phenoxy) is 1. The monoisotopic (exact) mass is 366 g/mol. The van der Waals surface area contributed by atoms with Crippen molar-refractivity contribution in [2.24, 2.45) is 5.41 Å². The molecule has 25 heavy (non-hydrogen) atoms. The molecule has 0 aliphatic carbocycles. The summed E-state index contributed by atoms with van der Waals surface area (Å²) in [5.74, 6) is -1.59. The lowest BCUT2D eigenvalue weighted by molar-refractivity contribution is -0.383. The molecule has 0 saturated carbocycles. The Balaban J connectivity index is 1.82. The molecule has 1 aromatic carbocycles. The van der Waals surface area contributed by atoms with Crippen LogP contribution in [-0.4, -0.2) is 50.4 Å². The van der Waals surface area contributed by atoms with E-state index in [9.17, 15) is 24.8 Å². The molecule has 1 aliphatic rings. The Morgan fingerprint density at radius 3 is 2.72 bits per heavy atom. The summed E-state index contributed by atoms with van der Waals surface area (Å²) in [4.78, 5) is 34.5. The molecule has 3 rings (SSSR count). The van der Waals surface area contributed by atoms with Gasteiger partial charge < -0.3 is 15.2 Å². The maximum absolute atomic E-state index is 12.4. The SMILES string of the molecule is O=C(NCC1(C(=O)O)CCOCC1)c1cc([N+](=O)[O-])c2nsnc2c1. The van der Waals surface area contributed by atoms with Crippen molar-refractivity contribution < 1.29 is 24.4 Å². The highest BCUT2D eigenvalue weighted by atomic mass is 32.1. The number of nitrogens with zero attached hydrogens (tertiary/aromatic N) is 3. The number of benzene rings is 1. The van der Waals surface area contributed by atoms with Gasteiger partial charge >= 0.3 is 5.97 Å². The van der Waals surface area contributed by atoms with Gasteiger partial charge in [-0.2, -0.15) is 8.75 Å². The van der Waals surface area contributed by atoms with Gasteiger partial charge in [0.15, 0.2) is 5.52 Å². The lowest BCUT2D eigenvalue weighted by atomic mass is 9.80. The molecule has 2 heterocycles. The second kappa shape index (κ2) is 6.69. The highest BCUT2D eigenvalue weighted by molar-refractivity contribution is 7.00. The second-order valence-corrected chi connectivity index (χ2v) is 6.29. The molecule has 0 unspecified atom stereocenters. The van der Waals surface area contributed by atoms with Gasteiger partial charge in [0.05, 0.1) is 22.1 Å². The Bertz CT molecular complexity index is 845. The lowest BCUT2D eigenvalue weighted by Crippen LogP contribution is -2.46. The average Bonchev–Trinajstić information content (AvgIpc) is 3.07. The third-order valence-corrected chi connectivity index (χ3v) is 4.83. The number of carbonyl (C=O) groups is 2. The number of aliphatic carboxylic acids is 1. The minimum Gasteiger partial charge on any atom is -0.481 e. The van der Waals surface area contributed by atoms with Crippen LogP contribution in [0.5, 0.6) is 0 Å². The fraction of sp³-hybridized carbons (Fsp3) is 0.429. The summed E-state index contributed by atoms with van der Waals surface area (Å²) in [7, 11) is 0. The first-order valence-corrected chi connectivity index (χ1v) is 8.16. The molecule has 1 aromatic heterocycles. The van der Waals surface area contributed by atoms with E-state index in [1.807, 2.05) is 0 Å². The predicted octanol–water partition coefficient (Wildman–Crippen LogP) is 1.21. The van der Waals surface area contributed by atoms with Crippen LogP contribution in [0.2, 0.25) is 0 Å². The summed E-state index contributed by atoms with van der Waals surface area (Å²) in [5.41, 5.74) is -0.983. The third kappa shape index (κ3) is 3.28. The summed E-state index contributed by atoms with van der Waals surface area (Å²) >= 11 is 0.816. The zero-order chi connectivity index (χ0) is 18.0. The van der Waals surface area contributed by atoms with E-state index in [-0.39, 0.29) is 41.7 Å². The summed E-state index contributed by atoms with van der Waals surface area (Å²) in [6, 6.07) is 2.52. The van der Waals surface area contributed by atoms with Gasteiger partial charge in [0, 0.05) is 31.4 Å². The highest BCUT2D eigenvalue weighted by Crippen LogP contribution is 2.30. The molecule has 11 heteroatoms. The number of carbonyl (C=O) groups excluding carboxylic acids is 1. The number of non-ortho nitro benzene ring substituents is 1. The number of nitro groups is 1. The first kappa shape index (κ1) is 17.2. The number of carboxylic acid groups (broad SMARTS) is 1. The Kier molecular flexibility index (Phi) is 4.59. The minimum atomic E-state index is -1.09. The Hall–Kier alpha value is -2.66. The molecule has 1 aliphatic heterocycles. The normalized spacial score (nSPS) is 16.5. The maximum atomic E-state index is 12.4. The van der Waals surface area contributed by atoms with Gasteiger partial charge in [0.2, 0.25) is 0 Å². The molecule has 0 atom stereocenters. The van der Waals surface area contributed by atoms with Gasteiger partial charge in [-0.25, -0.2) is 0 Å². The highest BCUT2D eigenvalue weighted by Gasteiger charge is 2.40. The molecule has 0 radical (unpaired) electrons. The van der Waals surface area contributed by atoms with Crippen molar-refractivity contribution in [1.29, 1.82) is 0 Å². The van der Waals surface area contributed by atoms with E-state index in [0.29, 0.717) is 13.2 Å². The maximum Gasteiger partial charge on any atom is 0.311 e. The van der Waals surface area contributed by atoms with Crippen molar-refractivity contribution in [2.75, 3.05) is 19.8 Å². The smallest absolute Gasteiger partial charge is 0.311 e. The topological polar surface area (TPSA) is 145 Å².